The number of nitrogens with one attached hydrogen (secondary N) is 1. The van der Waals surface area contributed by atoms with Crippen LogP contribution in [-0.4, -0.2) is 54.2 Å². The molecule has 9 nitrogen and oxygen atoms in total. The predicted molar refractivity (Wildman–Crippen MR) is 115 cm³/mol. The van der Waals surface area contributed by atoms with Gasteiger partial charge in [-0.15, -0.1) is 0 Å². The fourth-order valence-electron chi connectivity index (χ4n) is 6.87. The second-order valence-corrected chi connectivity index (χ2v) is 10.1. The average molecular weight is 461 g/mol. The SMILES string of the molecule is COC(=O)C12CC3CC(C1)C(OC(=O)N1CCC(Nc4ccc(F)cc4[N+](=O)[O-])C1)[C@@H](C3)C2. The molecule has 0 spiro atoms. The molecule has 1 aromatic rings. The number of amides is 1. The summed E-state index contributed by atoms with van der Waals surface area (Å²) in [5.41, 5.74) is -0.513. The van der Waals surface area contributed by atoms with E-state index in [0.29, 0.717) is 38.3 Å². The normalized spacial score (nSPS) is 34.2. The number of carbonyl (C=O) groups is 2. The molecule has 6 rings (SSSR count). The molecule has 6 atom stereocenters. The number of hydrogen-bond donors (Lipinski definition) is 1. The summed E-state index contributed by atoms with van der Waals surface area (Å²) in [5, 5.41) is 14.3. The van der Waals surface area contributed by atoms with Crippen molar-refractivity contribution in [3.05, 3.63) is 34.1 Å². The smallest absolute Gasteiger partial charge is 0.410 e. The fourth-order valence-corrected chi connectivity index (χ4v) is 6.87. The summed E-state index contributed by atoms with van der Waals surface area (Å²) in [6.45, 7) is 0.826. The summed E-state index contributed by atoms with van der Waals surface area (Å²) in [5.74, 6) is 0.0438. The largest absolute Gasteiger partial charge is 0.469 e. The van der Waals surface area contributed by atoms with Crippen molar-refractivity contribution in [2.45, 2.75) is 50.7 Å². The number of carbonyl (C=O) groups excluding carboxylic acids is 2. The maximum Gasteiger partial charge on any atom is 0.410 e. The summed E-state index contributed by atoms with van der Waals surface area (Å²) in [6.07, 6.45) is 4.30. The number of nitro groups is 1. The van der Waals surface area contributed by atoms with Crippen LogP contribution in [0.25, 0.3) is 0 Å². The monoisotopic (exact) mass is 461 g/mol. The fraction of sp³-hybridized carbons (Fsp3) is 0.652. The van der Waals surface area contributed by atoms with Crippen molar-refractivity contribution in [1.29, 1.82) is 0 Å². The van der Waals surface area contributed by atoms with Gasteiger partial charge in [0.25, 0.3) is 5.69 Å². The van der Waals surface area contributed by atoms with E-state index in [4.69, 9.17) is 9.47 Å². The van der Waals surface area contributed by atoms with Crippen molar-refractivity contribution in [3.63, 3.8) is 0 Å². The van der Waals surface area contributed by atoms with Crippen LogP contribution in [0.1, 0.15) is 38.5 Å². The van der Waals surface area contributed by atoms with Crippen LogP contribution in [0.4, 0.5) is 20.6 Å². The molecule has 5 fully saturated rings. The summed E-state index contributed by atoms with van der Waals surface area (Å²) < 4.78 is 24.5. The Kier molecular flexibility index (Phi) is 5.41. The maximum atomic E-state index is 13.4. The van der Waals surface area contributed by atoms with E-state index in [1.807, 2.05) is 0 Å². The number of esters is 1. The molecule has 4 bridgehead atoms. The van der Waals surface area contributed by atoms with Crippen LogP contribution in [0.15, 0.2) is 18.2 Å². The van der Waals surface area contributed by atoms with Crippen molar-refractivity contribution < 1.29 is 28.4 Å². The highest BCUT2D eigenvalue weighted by atomic mass is 19.1. The third-order valence-corrected chi connectivity index (χ3v) is 8.00. The lowest BCUT2D eigenvalue weighted by Gasteiger charge is -2.57. The van der Waals surface area contributed by atoms with Crippen LogP contribution < -0.4 is 5.32 Å². The minimum atomic E-state index is -0.673. The molecule has 33 heavy (non-hydrogen) atoms. The molecular weight excluding hydrogens is 433 g/mol. The van der Waals surface area contributed by atoms with Crippen molar-refractivity contribution >= 4 is 23.4 Å². The lowest BCUT2D eigenvalue weighted by molar-refractivity contribution is -0.384. The molecule has 4 aliphatic carbocycles. The van der Waals surface area contributed by atoms with Crippen LogP contribution in [0.5, 0.6) is 0 Å². The van der Waals surface area contributed by atoms with Crippen molar-refractivity contribution in [2.75, 3.05) is 25.5 Å². The van der Waals surface area contributed by atoms with E-state index < -0.39 is 16.2 Å². The third-order valence-electron chi connectivity index (χ3n) is 8.00. The summed E-state index contributed by atoms with van der Waals surface area (Å²) in [6, 6.07) is 3.21. The minimum absolute atomic E-state index is 0.130. The van der Waals surface area contributed by atoms with Crippen molar-refractivity contribution in [3.8, 4) is 0 Å². The molecule has 1 aliphatic heterocycles. The number of hydrogen-bond acceptors (Lipinski definition) is 7. The van der Waals surface area contributed by atoms with Gasteiger partial charge in [0.2, 0.25) is 0 Å². The van der Waals surface area contributed by atoms with Gasteiger partial charge in [0.05, 0.1) is 23.5 Å². The molecule has 0 radical (unpaired) electrons. The minimum Gasteiger partial charge on any atom is -0.469 e. The number of methoxy groups -OCH3 is 1. The molecule has 1 N–H and O–H groups in total. The Bertz CT molecular complexity index is 971. The highest BCUT2D eigenvalue weighted by Gasteiger charge is 2.60. The standard InChI is InChI=1S/C23H28FN3O6/c1-32-21(28)23-9-13-6-14(10-23)20(15(7-13)11-23)33-22(29)26-5-4-17(12-26)25-18-3-2-16(24)8-19(18)27(30)31/h2-3,8,13-15,17,20,25H,4-7,9-12H2,1H3/t13?,14-,15?,17?,20?,23?/m0/s1. The van der Waals surface area contributed by atoms with E-state index in [1.165, 1.54) is 19.2 Å². The quantitative estimate of drug-likeness (QED) is 0.404. The molecule has 178 valence electrons. The Morgan fingerprint density at radius 2 is 1.97 bits per heavy atom. The van der Waals surface area contributed by atoms with Crippen LogP contribution in [-0.2, 0) is 14.3 Å². The molecule has 4 saturated carbocycles. The Balaban J connectivity index is 1.20. The first-order valence-electron chi connectivity index (χ1n) is 11.5. The van der Waals surface area contributed by atoms with Gasteiger partial charge in [-0.25, -0.2) is 9.18 Å². The van der Waals surface area contributed by atoms with E-state index in [0.717, 1.165) is 25.3 Å². The second kappa shape index (κ2) is 8.14. The van der Waals surface area contributed by atoms with Gasteiger partial charge >= 0.3 is 12.1 Å². The number of likely N-dealkylation sites (tertiary alicyclic amines) is 1. The molecular formula is C23H28FN3O6. The summed E-state index contributed by atoms with van der Waals surface area (Å²) in [7, 11) is 1.44. The van der Waals surface area contributed by atoms with Gasteiger partial charge in [0, 0.05) is 19.1 Å². The van der Waals surface area contributed by atoms with Gasteiger partial charge in [0.1, 0.15) is 17.6 Å². The van der Waals surface area contributed by atoms with Gasteiger partial charge in [-0.1, -0.05) is 0 Å². The number of ether oxygens (including phenoxy) is 2. The van der Waals surface area contributed by atoms with Gasteiger partial charge in [0.15, 0.2) is 0 Å². The molecule has 1 aromatic carbocycles. The first-order valence-corrected chi connectivity index (χ1v) is 11.5. The lowest BCUT2D eigenvalue weighted by Crippen LogP contribution is -2.58. The maximum absolute atomic E-state index is 13.4. The Labute approximate surface area is 190 Å². The molecule has 5 aliphatic rings. The van der Waals surface area contributed by atoms with E-state index >= 15 is 0 Å². The first kappa shape index (κ1) is 21.9. The summed E-state index contributed by atoms with van der Waals surface area (Å²) >= 11 is 0. The number of anilines is 1. The van der Waals surface area contributed by atoms with Gasteiger partial charge in [-0.2, -0.15) is 0 Å². The molecule has 5 unspecified atom stereocenters. The predicted octanol–water partition coefficient (Wildman–Crippen LogP) is 3.72. The van der Waals surface area contributed by atoms with Gasteiger partial charge in [-0.05, 0) is 68.4 Å². The number of benzene rings is 1. The summed E-state index contributed by atoms with van der Waals surface area (Å²) in [4.78, 5) is 37.6. The van der Waals surface area contributed by atoms with Crippen molar-refractivity contribution in [2.24, 2.45) is 23.2 Å². The van der Waals surface area contributed by atoms with E-state index in [9.17, 15) is 24.1 Å². The number of rotatable bonds is 5. The van der Waals surface area contributed by atoms with Crippen LogP contribution in [0.3, 0.4) is 0 Å². The Morgan fingerprint density at radius 3 is 2.64 bits per heavy atom. The molecule has 1 saturated heterocycles. The first-order chi connectivity index (χ1) is 15.8. The Morgan fingerprint density at radius 1 is 1.24 bits per heavy atom. The van der Waals surface area contributed by atoms with Crippen LogP contribution in [0.2, 0.25) is 0 Å². The third kappa shape index (κ3) is 3.89. The Hall–Kier alpha value is -2.91. The van der Waals surface area contributed by atoms with Gasteiger partial charge in [-0.3, -0.25) is 14.9 Å². The molecule has 1 amide bonds. The van der Waals surface area contributed by atoms with E-state index in [2.05, 4.69) is 5.32 Å². The topological polar surface area (TPSA) is 111 Å². The number of nitrogens with zero attached hydrogens (tertiary/aromatic N) is 2. The van der Waals surface area contributed by atoms with Crippen LogP contribution >= 0.6 is 0 Å². The van der Waals surface area contributed by atoms with E-state index in [1.54, 1.807) is 4.90 Å². The zero-order valence-corrected chi connectivity index (χ0v) is 18.5. The molecule has 0 aromatic heterocycles. The van der Waals surface area contributed by atoms with Gasteiger partial charge < -0.3 is 19.7 Å². The van der Waals surface area contributed by atoms with E-state index in [-0.39, 0.29) is 47.4 Å². The highest BCUT2D eigenvalue weighted by molar-refractivity contribution is 5.77. The number of nitro benzene ring substituents is 1. The van der Waals surface area contributed by atoms with Crippen LogP contribution in [0, 0.1) is 39.1 Å². The number of halogens is 1. The average Bonchev–Trinajstić information content (AvgIpc) is 3.25. The zero-order chi connectivity index (χ0) is 23.3. The zero-order valence-electron chi connectivity index (χ0n) is 18.5. The molecule has 10 heteroatoms. The molecule has 1 heterocycles. The van der Waals surface area contributed by atoms with Crippen molar-refractivity contribution in [1.82, 2.24) is 4.90 Å². The highest BCUT2D eigenvalue weighted by Crippen LogP contribution is 2.61. The lowest BCUT2D eigenvalue weighted by atomic mass is 9.48. The second-order valence-electron chi connectivity index (χ2n) is 10.1.